The molecule has 0 saturated carbocycles. The number of aromatic nitrogens is 1. The zero-order valence-corrected chi connectivity index (χ0v) is 10.4. The average Bonchev–Trinajstić information content (AvgIpc) is 2.46. The van der Waals surface area contributed by atoms with Gasteiger partial charge in [-0.2, -0.15) is 0 Å². The summed E-state index contributed by atoms with van der Waals surface area (Å²) in [7, 11) is 1.71. The van der Waals surface area contributed by atoms with Crippen LogP contribution in [-0.4, -0.2) is 17.0 Å². The summed E-state index contributed by atoms with van der Waals surface area (Å²) in [5.74, 6) is 0.515. The zero-order chi connectivity index (χ0) is 13.7. The molecule has 0 radical (unpaired) electrons. The van der Waals surface area contributed by atoms with Gasteiger partial charge in [0.25, 0.3) is 5.69 Å². The number of pyridine rings is 1. The number of nitrogens with zero attached hydrogens (tertiary/aromatic N) is 3. The molecule has 1 aromatic carbocycles. The molecule has 2 aromatic rings. The Hall–Kier alpha value is -2.47. The number of nitro groups is 1. The lowest BCUT2D eigenvalue weighted by Gasteiger charge is -2.17. The van der Waals surface area contributed by atoms with Crippen LogP contribution >= 0.6 is 0 Å². The van der Waals surface area contributed by atoms with E-state index in [2.05, 4.69) is 4.98 Å². The Kier molecular flexibility index (Phi) is 4.04. The molecule has 6 heteroatoms. The van der Waals surface area contributed by atoms with Crippen molar-refractivity contribution in [3.05, 3.63) is 64.3 Å². The van der Waals surface area contributed by atoms with Gasteiger partial charge in [0.15, 0.2) is 5.82 Å². The molecular weight excluding hydrogens is 246 g/mol. The Morgan fingerprint density at radius 1 is 1.26 bits per heavy atom. The van der Waals surface area contributed by atoms with Crippen LogP contribution in [0.4, 0.5) is 11.5 Å². The van der Waals surface area contributed by atoms with E-state index < -0.39 is 4.92 Å². The van der Waals surface area contributed by atoms with Crippen molar-refractivity contribution in [3.8, 4) is 0 Å². The van der Waals surface area contributed by atoms with E-state index in [1.807, 2.05) is 30.3 Å². The first-order valence-corrected chi connectivity index (χ1v) is 5.68. The molecule has 6 nitrogen and oxygen atoms in total. The minimum absolute atomic E-state index is 0.0415. The fourth-order valence-electron chi connectivity index (χ4n) is 1.48. The molecule has 2 rings (SSSR count). The number of anilines is 1. The topological polar surface area (TPSA) is 68.5 Å². The lowest BCUT2D eigenvalue weighted by molar-refractivity contribution is -0.385. The van der Waals surface area contributed by atoms with Crippen LogP contribution in [0.3, 0.4) is 0 Å². The van der Waals surface area contributed by atoms with E-state index in [1.54, 1.807) is 13.1 Å². The summed E-state index contributed by atoms with van der Waals surface area (Å²) in [6, 6.07) is 12.7. The maximum absolute atomic E-state index is 10.5. The van der Waals surface area contributed by atoms with Crippen molar-refractivity contribution in [3.63, 3.8) is 0 Å². The van der Waals surface area contributed by atoms with Gasteiger partial charge in [-0.3, -0.25) is 15.0 Å². The molecule has 1 aromatic heterocycles. The van der Waals surface area contributed by atoms with E-state index >= 15 is 0 Å². The van der Waals surface area contributed by atoms with E-state index in [0.29, 0.717) is 12.4 Å². The monoisotopic (exact) mass is 259 g/mol. The maximum Gasteiger partial charge on any atom is 0.287 e. The standard InChI is InChI=1S/C13H13N3O3/c1-15(19-10-11-5-3-2-4-6-11)13-8-7-12(9-14-13)16(17)18/h2-9H,10H2,1H3. The second-order valence-corrected chi connectivity index (χ2v) is 3.89. The molecule has 0 saturated heterocycles. The van der Waals surface area contributed by atoms with Gasteiger partial charge < -0.3 is 0 Å². The van der Waals surface area contributed by atoms with Gasteiger partial charge in [0.05, 0.1) is 11.5 Å². The van der Waals surface area contributed by atoms with Crippen molar-refractivity contribution in [2.75, 3.05) is 12.1 Å². The second-order valence-electron chi connectivity index (χ2n) is 3.89. The van der Waals surface area contributed by atoms with Gasteiger partial charge in [0.2, 0.25) is 0 Å². The number of benzene rings is 1. The maximum atomic E-state index is 10.5. The molecule has 19 heavy (non-hydrogen) atoms. The van der Waals surface area contributed by atoms with Gasteiger partial charge in [0.1, 0.15) is 6.20 Å². The smallest absolute Gasteiger partial charge is 0.268 e. The summed E-state index contributed by atoms with van der Waals surface area (Å²) in [5.41, 5.74) is 0.997. The van der Waals surface area contributed by atoms with Crippen molar-refractivity contribution in [2.24, 2.45) is 0 Å². The highest BCUT2D eigenvalue weighted by Gasteiger charge is 2.08. The number of hydroxylamine groups is 1. The van der Waals surface area contributed by atoms with Crippen LogP contribution in [0.25, 0.3) is 0 Å². The third-order valence-corrected chi connectivity index (χ3v) is 2.53. The summed E-state index contributed by atoms with van der Waals surface area (Å²) in [5, 5.41) is 12.0. The van der Waals surface area contributed by atoms with Crippen LogP contribution in [0, 0.1) is 10.1 Å². The van der Waals surface area contributed by atoms with Gasteiger partial charge in [-0.25, -0.2) is 10.0 Å². The largest absolute Gasteiger partial charge is 0.287 e. The van der Waals surface area contributed by atoms with Crippen LogP contribution in [0.5, 0.6) is 0 Å². The van der Waals surface area contributed by atoms with Gasteiger partial charge in [-0.05, 0) is 11.6 Å². The van der Waals surface area contributed by atoms with Crippen molar-refractivity contribution in [2.45, 2.75) is 6.61 Å². The minimum Gasteiger partial charge on any atom is -0.268 e. The summed E-state index contributed by atoms with van der Waals surface area (Å²) in [4.78, 5) is 19.5. The van der Waals surface area contributed by atoms with Crippen molar-refractivity contribution in [1.29, 1.82) is 0 Å². The van der Waals surface area contributed by atoms with Crippen molar-refractivity contribution in [1.82, 2.24) is 4.98 Å². The fourth-order valence-corrected chi connectivity index (χ4v) is 1.48. The Morgan fingerprint density at radius 2 is 2.00 bits per heavy atom. The Bertz CT molecular complexity index is 543. The molecule has 0 fully saturated rings. The lowest BCUT2D eigenvalue weighted by atomic mass is 10.2. The van der Waals surface area contributed by atoms with E-state index in [1.165, 1.54) is 17.3 Å². The molecule has 0 amide bonds. The van der Waals surface area contributed by atoms with Gasteiger partial charge >= 0.3 is 0 Å². The predicted octanol–water partition coefficient (Wildman–Crippen LogP) is 2.56. The highest BCUT2D eigenvalue weighted by atomic mass is 16.7. The molecule has 98 valence electrons. The van der Waals surface area contributed by atoms with Crippen LogP contribution in [0.1, 0.15) is 5.56 Å². The quantitative estimate of drug-likeness (QED) is 0.609. The minimum atomic E-state index is -0.485. The second kappa shape index (κ2) is 5.92. The molecule has 0 unspecified atom stereocenters. The first kappa shape index (κ1) is 13.0. The van der Waals surface area contributed by atoms with Crippen LogP contribution in [-0.2, 0) is 11.4 Å². The Morgan fingerprint density at radius 3 is 2.58 bits per heavy atom. The summed E-state index contributed by atoms with van der Waals surface area (Å²) in [6.07, 6.45) is 1.21. The molecule has 0 spiro atoms. The van der Waals surface area contributed by atoms with Crippen LogP contribution in [0.2, 0.25) is 0 Å². The van der Waals surface area contributed by atoms with Gasteiger partial charge in [-0.15, -0.1) is 0 Å². The summed E-state index contributed by atoms with van der Waals surface area (Å²) >= 11 is 0. The van der Waals surface area contributed by atoms with E-state index in [9.17, 15) is 10.1 Å². The molecule has 1 heterocycles. The molecule has 0 bridgehead atoms. The molecule has 0 aliphatic heterocycles. The van der Waals surface area contributed by atoms with Gasteiger partial charge in [0, 0.05) is 13.1 Å². The van der Waals surface area contributed by atoms with Crippen LogP contribution in [0.15, 0.2) is 48.7 Å². The molecular formula is C13H13N3O3. The highest BCUT2D eigenvalue weighted by Crippen LogP contribution is 2.15. The van der Waals surface area contributed by atoms with Gasteiger partial charge in [-0.1, -0.05) is 30.3 Å². The molecule has 0 atom stereocenters. The fraction of sp³-hybridized carbons (Fsp3) is 0.154. The third-order valence-electron chi connectivity index (χ3n) is 2.53. The Labute approximate surface area is 110 Å². The van der Waals surface area contributed by atoms with E-state index in [0.717, 1.165) is 5.56 Å². The number of hydrogen-bond acceptors (Lipinski definition) is 5. The van der Waals surface area contributed by atoms with E-state index in [-0.39, 0.29) is 5.69 Å². The predicted molar refractivity (Wildman–Crippen MR) is 70.5 cm³/mol. The highest BCUT2D eigenvalue weighted by molar-refractivity contribution is 5.40. The van der Waals surface area contributed by atoms with Crippen molar-refractivity contribution < 1.29 is 9.76 Å². The summed E-state index contributed by atoms with van der Waals surface area (Å²) in [6.45, 7) is 0.413. The van der Waals surface area contributed by atoms with Crippen LogP contribution < -0.4 is 5.06 Å². The third kappa shape index (κ3) is 3.49. The molecule has 0 N–H and O–H groups in total. The molecule has 0 aliphatic rings. The first-order valence-electron chi connectivity index (χ1n) is 5.68. The number of hydrogen-bond donors (Lipinski definition) is 0. The molecule has 0 aliphatic carbocycles. The zero-order valence-electron chi connectivity index (χ0n) is 10.4. The van der Waals surface area contributed by atoms with E-state index in [4.69, 9.17) is 4.84 Å². The SMILES string of the molecule is CN(OCc1ccccc1)c1ccc([N+](=O)[O-])cn1. The number of rotatable bonds is 5. The normalized spacial score (nSPS) is 10.2. The average molecular weight is 259 g/mol. The van der Waals surface area contributed by atoms with Crippen molar-refractivity contribution >= 4 is 11.5 Å². The lowest BCUT2D eigenvalue weighted by Crippen LogP contribution is -2.18. The summed E-state index contributed by atoms with van der Waals surface area (Å²) < 4.78 is 0. The Balaban J connectivity index is 1.96. The first-order chi connectivity index (χ1) is 9.16.